The zero-order valence-corrected chi connectivity index (χ0v) is 18.6. The molecule has 0 aromatic carbocycles. The number of unbranched alkanes of at least 4 members (excludes halogenated alkanes) is 2. The van der Waals surface area contributed by atoms with Crippen LogP contribution in [0.1, 0.15) is 80.1 Å². The number of aliphatic hydroxyl groups excluding tert-OH is 1. The van der Waals surface area contributed by atoms with Crippen LogP contribution < -0.4 is 10.6 Å². The molecule has 0 bridgehead atoms. The third-order valence-corrected chi connectivity index (χ3v) is 4.66. The lowest BCUT2D eigenvalue weighted by atomic mass is 9.97. The van der Waals surface area contributed by atoms with Gasteiger partial charge in [-0.1, -0.05) is 13.8 Å². The molecule has 3 N–H and O–H groups in total. The minimum atomic E-state index is -0.440. The standard InChI is InChI=1S/C18H39ClN2O2.C2H6/c1-17(2,20-5)10-7-9-13-23-18(3,4)11-6-8-12-21-15-16(22)14-19;1-2/h16,20-22H,6-15H2,1-5H3;1-2H3. The first-order valence-electron chi connectivity index (χ1n) is 10.00. The van der Waals surface area contributed by atoms with Gasteiger partial charge in [-0.3, -0.25) is 0 Å². The van der Waals surface area contributed by atoms with Crippen molar-refractivity contribution in [1.29, 1.82) is 0 Å². The van der Waals surface area contributed by atoms with Crippen molar-refractivity contribution in [2.75, 3.05) is 32.6 Å². The van der Waals surface area contributed by atoms with E-state index < -0.39 is 6.10 Å². The maximum absolute atomic E-state index is 9.33. The van der Waals surface area contributed by atoms with E-state index >= 15 is 0 Å². The lowest BCUT2D eigenvalue weighted by Gasteiger charge is -2.27. The number of hydrogen-bond acceptors (Lipinski definition) is 4. The summed E-state index contributed by atoms with van der Waals surface area (Å²) in [6.07, 6.45) is 6.33. The van der Waals surface area contributed by atoms with Crippen LogP contribution in [0.4, 0.5) is 0 Å². The van der Waals surface area contributed by atoms with E-state index in [0.29, 0.717) is 12.4 Å². The van der Waals surface area contributed by atoms with Gasteiger partial charge in [-0.05, 0) is 79.8 Å². The average molecular weight is 381 g/mol. The third-order valence-electron chi connectivity index (χ3n) is 4.31. The molecule has 25 heavy (non-hydrogen) atoms. The Bertz CT molecular complexity index is 287. The number of nitrogens with one attached hydrogen (secondary N) is 2. The van der Waals surface area contributed by atoms with E-state index in [4.69, 9.17) is 16.3 Å². The topological polar surface area (TPSA) is 53.5 Å². The number of hydrogen-bond donors (Lipinski definition) is 3. The Morgan fingerprint density at radius 3 is 2.16 bits per heavy atom. The van der Waals surface area contributed by atoms with E-state index in [9.17, 15) is 5.11 Å². The zero-order chi connectivity index (χ0) is 19.8. The molecule has 0 saturated carbocycles. The largest absolute Gasteiger partial charge is 0.391 e. The van der Waals surface area contributed by atoms with E-state index in [1.807, 2.05) is 20.9 Å². The fraction of sp³-hybridized carbons (Fsp3) is 1.00. The summed E-state index contributed by atoms with van der Waals surface area (Å²) in [7, 11) is 2.02. The monoisotopic (exact) mass is 380 g/mol. The van der Waals surface area contributed by atoms with Crippen molar-refractivity contribution in [3.05, 3.63) is 0 Å². The molecular formula is C20H45ClN2O2. The minimum absolute atomic E-state index is 0.0474. The molecule has 4 nitrogen and oxygen atoms in total. The number of rotatable bonds is 15. The Labute approximate surface area is 162 Å². The van der Waals surface area contributed by atoms with Crippen LogP contribution in [-0.4, -0.2) is 55.0 Å². The van der Waals surface area contributed by atoms with Crippen molar-refractivity contribution >= 4 is 11.6 Å². The van der Waals surface area contributed by atoms with E-state index in [2.05, 4.69) is 38.3 Å². The molecule has 0 heterocycles. The molecular weight excluding hydrogens is 336 g/mol. The molecule has 154 valence electrons. The SMILES string of the molecule is CC.CNC(C)(C)CCCCOC(C)(C)CCCCNCC(O)CCl. The maximum Gasteiger partial charge on any atom is 0.0799 e. The van der Waals surface area contributed by atoms with Crippen LogP contribution in [0.15, 0.2) is 0 Å². The van der Waals surface area contributed by atoms with Crippen LogP contribution in [0.5, 0.6) is 0 Å². The zero-order valence-electron chi connectivity index (χ0n) is 17.9. The minimum Gasteiger partial charge on any atom is -0.391 e. The molecule has 0 aromatic heterocycles. The quantitative estimate of drug-likeness (QED) is 0.292. The summed E-state index contributed by atoms with van der Waals surface area (Å²) >= 11 is 5.55. The van der Waals surface area contributed by atoms with Crippen LogP contribution in [0.3, 0.4) is 0 Å². The third kappa shape index (κ3) is 18.7. The van der Waals surface area contributed by atoms with Gasteiger partial charge in [0.15, 0.2) is 0 Å². The Kier molecular flexibility index (Phi) is 17.8. The van der Waals surface area contributed by atoms with Gasteiger partial charge < -0.3 is 20.5 Å². The summed E-state index contributed by atoms with van der Waals surface area (Å²) in [5.41, 5.74) is 0.174. The molecule has 0 aromatic rings. The molecule has 0 aliphatic rings. The van der Waals surface area contributed by atoms with Crippen molar-refractivity contribution in [2.45, 2.75) is 97.3 Å². The molecule has 0 spiro atoms. The smallest absolute Gasteiger partial charge is 0.0799 e. The molecule has 1 atom stereocenters. The van der Waals surface area contributed by atoms with Crippen LogP contribution >= 0.6 is 11.6 Å². The summed E-state index contributed by atoms with van der Waals surface area (Å²) in [5, 5.41) is 15.9. The van der Waals surface area contributed by atoms with E-state index in [1.54, 1.807) is 0 Å². The fourth-order valence-electron chi connectivity index (χ4n) is 2.34. The van der Waals surface area contributed by atoms with Gasteiger partial charge in [0.2, 0.25) is 0 Å². The van der Waals surface area contributed by atoms with Crippen molar-refractivity contribution in [3.8, 4) is 0 Å². The van der Waals surface area contributed by atoms with Crippen molar-refractivity contribution in [1.82, 2.24) is 10.6 Å². The second kappa shape index (κ2) is 16.3. The fourth-order valence-corrected chi connectivity index (χ4v) is 2.45. The molecule has 0 fully saturated rings. The Balaban J connectivity index is 0. The molecule has 0 aliphatic heterocycles. The first-order chi connectivity index (χ1) is 11.7. The highest BCUT2D eigenvalue weighted by Gasteiger charge is 2.18. The Morgan fingerprint density at radius 1 is 1.00 bits per heavy atom. The highest BCUT2D eigenvalue weighted by Crippen LogP contribution is 2.19. The number of aliphatic hydroxyl groups is 1. The van der Waals surface area contributed by atoms with Gasteiger partial charge in [0.05, 0.1) is 11.7 Å². The lowest BCUT2D eigenvalue weighted by Crippen LogP contribution is -2.36. The van der Waals surface area contributed by atoms with Crippen LogP contribution in [-0.2, 0) is 4.74 Å². The summed E-state index contributed by atoms with van der Waals surface area (Å²) in [5.74, 6) is 0.291. The Morgan fingerprint density at radius 2 is 1.60 bits per heavy atom. The normalized spacial score (nSPS) is 13.3. The highest BCUT2D eigenvalue weighted by molar-refractivity contribution is 6.18. The predicted octanol–water partition coefficient (Wildman–Crippen LogP) is 4.34. The van der Waals surface area contributed by atoms with E-state index in [0.717, 1.165) is 38.8 Å². The summed E-state index contributed by atoms with van der Waals surface area (Å²) < 4.78 is 6.04. The first kappa shape index (κ1) is 27.3. The average Bonchev–Trinajstić information content (AvgIpc) is 2.59. The van der Waals surface area contributed by atoms with Crippen molar-refractivity contribution in [2.24, 2.45) is 0 Å². The van der Waals surface area contributed by atoms with Gasteiger partial charge in [-0.2, -0.15) is 0 Å². The number of ether oxygens (including phenoxy) is 1. The van der Waals surface area contributed by atoms with Gasteiger partial charge in [-0.15, -0.1) is 11.6 Å². The lowest BCUT2D eigenvalue weighted by molar-refractivity contribution is -0.0268. The van der Waals surface area contributed by atoms with Crippen LogP contribution in [0.25, 0.3) is 0 Å². The van der Waals surface area contributed by atoms with Crippen molar-refractivity contribution in [3.63, 3.8) is 0 Å². The van der Waals surface area contributed by atoms with E-state index in [-0.39, 0.29) is 11.1 Å². The molecule has 0 radical (unpaired) electrons. The predicted molar refractivity (Wildman–Crippen MR) is 112 cm³/mol. The van der Waals surface area contributed by atoms with E-state index in [1.165, 1.54) is 12.8 Å². The van der Waals surface area contributed by atoms with Gasteiger partial charge in [0.1, 0.15) is 0 Å². The molecule has 0 aliphatic carbocycles. The second-order valence-corrected chi connectivity index (χ2v) is 7.98. The first-order valence-corrected chi connectivity index (χ1v) is 10.5. The summed E-state index contributed by atoms with van der Waals surface area (Å²) in [6, 6.07) is 0. The van der Waals surface area contributed by atoms with Gasteiger partial charge >= 0.3 is 0 Å². The molecule has 5 heteroatoms. The van der Waals surface area contributed by atoms with Gasteiger partial charge in [0, 0.05) is 24.6 Å². The maximum atomic E-state index is 9.33. The molecule has 0 rings (SSSR count). The molecule has 0 amide bonds. The van der Waals surface area contributed by atoms with Crippen molar-refractivity contribution < 1.29 is 9.84 Å². The second-order valence-electron chi connectivity index (χ2n) is 7.67. The Hall–Kier alpha value is 0.130. The van der Waals surface area contributed by atoms with Crippen LogP contribution in [0.2, 0.25) is 0 Å². The number of halogens is 1. The van der Waals surface area contributed by atoms with Gasteiger partial charge in [-0.25, -0.2) is 0 Å². The van der Waals surface area contributed by atoms with Crippen LogP contribution in [0, 0.1) is 0 Å². The highest BCUT2D eigenvalue weighted by atomic mass is 35.5. The molecule has 1 unspecified atom stereocenters. The summed E-state index contributed by atoms with van der Waals surface area (Å²) in [4.78, 5) is 0. The summed E-state index contributed by atoms with van der Waals surface area (Å²) in [6.45, 7) is 15.2. The number of alkyl halides is 1. The van der Waals surface area contributed by atoms with Gasteiger partial charge in [0.25, 0.3) is 0 Å². The molecule has 0 saturated heterocycles.